The highest BCUT2D eigenvalue weighted by molar-refractivity contribution is 5.60. The van der Waals surface area contributed by atoms with Crippen molar-refractivity contribution in [2.45, 2.75) is 52.6 Å². The highest BCUT2D eigenvalue weighted by Gasteiger charge is 2.15. The Kier molecular flexibility index (Phi) is 6.00. The van der Waals surface area contributed by atoms with Gasteiger partial charge in [-0.1, -0.05) is 58.0 Å². The minimum Gasteiger partial charge on any atom is -0.361 e. The van der Waals surface area contributed by atoms with Crippen molar-refractivity contribution in [1.82, 2.24) is 4.98 Å². The Morgan fingerprint density at radius 3 is 2.10 bits per heavy atom. The van der Waals surface area contributed by atoms with Gasteiger partial charge < -0.3 is 4.98 Å². The molecule has 0 amide bonds. The van der Waals surface area contributed by atoms with Crippen LogP contribution in [0.3, 0.4) is 0 Å². The highest BCUT2D eigenvalue weighted by Crippen LogP contribution is 2.26. The molecule has 0 fully saturated rings. The molecule has 0 radical (unpaired) electrons. The molecule has 0 saturated heterocycles. The predicted octanol–water partition coefficient (Wildman–Crippen LogP) is 5.73. The molecule has 20 heavy (non-hydrogen) atoms. The van der Waals surface area contributed by atoms with E-state index in [9.17, 15) is 4.39 Å². The van der Waals surface area contributed by atoms with E-state index in [-0.39, 0.29) is 5.41 Å². The molecule has 1 atom stereocenters. The smallest absolute Gasteiger partial charge is 0.0971 e. The van der Waals surface area contributed by atoms with Crippen LogP contribution in [0, 0.1) is 0 Å². The van der Waals surface area contributed by atoms with Gasteiger partial charge in [0, 0.05) is 11.9 Å². The number of aromatic amines is 1. The average molecular weight is 275 g/mol. The average Bonchev–Trinajstić information content (AvgIpc) is 2.90. The van der Waals surface area contributed by atoms with Gasteiger partial charge in [-0.2, -0.15) is 0 Å². The maximum Gasteiger partial charge on any atom is 0.0971 e. The minimum absolute atomic E-state index is 0.212. The first kappa shape index (κ1) is 16.5. The molecule has 0 saturated carbocycles. The van der Waals surface area contributed by atoms with Crippen molar-refractivity contribution in [2.75, 3.05) is 0 Å². The van der Waals surface area contributed by atoms with E-state index < -0.39 is 6.17 Å². The van der Waals surface area contributed by atoms with E-state index in [4.69, 9.17) is 0 Å². The summed E-state index contributed by atoms with van der Waals surface area (Å²) < 4.78 is 11.4. The van der Waals surface area contributed by atoms with Crippen molar-refractivity contribution < 1.29 is 4.39 Å². The third kappa shape index (κ3) is 5.20. The van der Waals surface area contributed by atoms with Crippen molar-refractivity contribution in [3.63, 3.8) is 0 Å². The summed E-state index contributed by atoms with van der Waals surface area (Å²) in [5, 5.41) is 0. The van der Waals surface area contributed by atoms with E-state index in [2.05, 4.69) is 62.3 Å². The van der Waals surface area contributed by atoms with Gasteiger partial charge in [0.1, 0.15) is 0 Å². The van der Waals surface area contributed by atoms with Crippen LogP contribution in [-0.4, -0.2) is 11.2 Å². The van der Waals surface area contributed by atoms with Gasteiger partial charge in [0.15, 0.2) is 0 Å². The quantitative estimate of drug-likeness (QED) is 0.720. The van der Waals surface area contributed by atoms with Crippen molar-refractivity contribution in [1.29, 1.82) is 0 Å². The maximum atomic E-state index is 11.4. The molecule has 0 spiro atoms. The fourth-order valence-corrected chi connectivity index (χ4v) is 1.61. The molecule has 0 aliphatic carbocycles. The normalized spacial score (nSPS) is 12.5. The Hall–Kier alpha value is -1.57. The van der Waals surface area contributed by atoms with Crippen molar-refractivity contribution in [2.24, 2.45) is 0 Å². The third-order valence-corrected chi connectivity index (χ3v) is 3.20. The molecule has 2 rings (SSSR count). The zero-order chi connectivity index (χ0) is 15.2. The summed E-state index contributed by atoms with van der Waals surface area (Å²) >= 11 is 0. The lowest BCUT2D eigenvalue weighted by Crippen LogP contribution is -2.09. The van der Waals surface area contributed by atoms with Gasteiger partial charge in [-0.15, -0.1) is 0 Å². The molecule has 1 nitrogen and oxygen atoms in total. The number of nitrogens with one attached hydrogen (secondary N) is 1. The largest absolute Gasteiger partial charge is 0.361 e. The fourth-order valence-electron chi connectivity index (χ4n) is 1.61. The Balaban J connectivity index is 0.000000347. The molecule has 0 aliphatic heterocycles. The van der Waals surface area contributed by atoms with Crippen LogP contribution < -0.4 is 0 Å². The molecular formula is C18H26FN. The molecule has 1 aromatic heterocycles. The number of aromatic nitrogens is 1. The number of hydrogen-bond donors (Lipinski definition) is 1. The lowest BCUT2D eigenvalue weighted by Gasteiger charge is -2.15. The monoisotopic (exact) mass is 275 g/mol. The lowest BCUT2D eigenvalue weighted by molar-refractivity contribution is 0.352. The van der Waals surface area contributed by atoms with Crippen LogP contribution in [0.5, 0.6) is 0 Å². The first-order valence-electron chi connectivity index (χ1n) is 7.23. The summed E-state index contributed by atoms with van der Waals surface area (Å²) in [4.78, 5) is 3.33. The molecule has 1 heterocycles. The topological polar surface area (TPSA) is 15.8 Å². The zero-order valence-corrected chi connectivity index (χ0v) is 13.2. The Morgan fingerprint density at radius 2 is 1.70 bits per heavy atom. The summed E-state index contributed by atoms with van der Waals surface area (Å²) in [5.74, 6) is 0. The molecule has 2 heteroatoms. The minimum atomic E-state index is -0.616. The van der Waals surface area contributed by atoms with E-state index in [1.54, 1.807) is 6.92 Å². The van der Waals surface area contributed by atoms with Crippen LogP contribution in [0.1, 0.15) is 46.6 Å². The summed E-state index contributed by atoms with van der Waals surface area (Å²) in [6, 6.07) is 12.6. The SMILES string of the molecule is CC(C)(C)c1c[nH]c(-c2ccccc2)c1.CCC(C)F. The van der Waals surface area contributed by atoms with E-state index in [1.165, 1.54) is 16.8 Å². The van der Waals surface area contributed by atoms with Gasteiger partial charge in [0.25, 0.3) is 0 Å². The second kappa shape index (κ2) is 7.28. The van der Waals surface area contributed by atoms with Crippen LogP contribution >= 0.6 is 0 Å². The molecule has 110 valence electrons. The van der Waals surface area contributed by atoms with Crippen LogP contribution in [0.15, 0.2) is 42.6 Å². The van der Waals surface area contributed by atoms with Gasteiger partial charge in [0.2, 0.25) is 0 Å². The van der Waals surface area contributed by atoms with E-state index in [1.807, 2.05) is 13.0 Å². The van der Waals surface area contributed by atoms with E-state index in [0.717, 1.165) is 0 Å². The zero-order valence-electron chi connectivity index (χ0n) is 13.2. The van der Waals surface area contributed by atoms with Gasteiger partial charge in [-0.25, -0.2) is 4.39 Å². The predicted molar refractivity (Wildman–Crippen MR) is 85.8 cm³/mol. The molecular weight excluding hydrogens is 249 g/mol. The maximum absolute atomic E-state index is 11.4. The Morgan fingerprint density at radius 1 is 1.15 bits per heavy atom. The van der Waals surface area contributed by atoms with Crippen LogP contribution in [0.2, 0.25) is 0 Å². The molecule has 1 N–H and O–H groups in total. The van der Waals surface area contributed by atoms with E-state index in [0.29, 0.717) is 6.42 Å². The summed E-state index contributed by atoms with van der Waals surface area (Å²) in [5.41, 5.74) is 4.00. The highest BCUT2D eigenvalue weighted by atomic mass is 19.1. The third-order valence-electron chi connectivity index (χ3n) is 3.20. The van der Waals surface area contributed by atoms with Gasteiger partial charge >= 0.3 is 0 Å². The van der Waals surface area contributed by atoms with Crippen molar-refractivity contribution >= 4 is 0 Å². The van der Waals surface area contributed by atoms with Crippen LogP contribution in [0.4, 0.5) is 4.39 Å². The molecule has 2 aromatic rings. The first-order valence-corrected chi connectivity index (χ1v) is 7.23. The molecule has 0 bridgehead atoms. The van der Waals surface area contributed by atoms with Crippen molar-refractivity contribution in [3.05, 3.63) is 48.2 Å². The standard InChI is InChI=1S/C14H17N.C4H9F/c1-14(2,3)12-9-13(15-10-12)11-7-5-4-6-8-11;1-3-4(2)5/h4-10,15H,1-3H3;4H,3H2,1-2H3. The Labute approximate surface area is 122 Å². The van der Waals surface area contributed by atoms with Gasteiger partial charge in [-0.05, 0) is 36.0 Å². The summed E-state index contributed by atoms with van der Waals surface area (Å²) in [7, 11) is 0. The number of H-pyrrole nitrogens is 1. The van der Waals surface area contributed by atoms with Gasteiger partial charge in [0.05, 0.1) is 6.17 Å². The number of rotatable bonds is 2. The van der Waals surface area contributed by atoms with E-state index >= 15 is 0 Å². The molecule has 1 unspecified atom stereocenters. The lowest BCUT2D eigenvalue weighted by atomic mass is 9.89. The van der Waals surface area contributed by atoms with Gasteiger partial charge in [-0.3, -0.25) is 0 Å². The summed E-state index contributed by atoms with van der Waals surface area (Å²) in [6.45, 7) is 10.1. The number of alkyl halides is 1. The second-order valence-electron chi connectivity index (χ2n) is 6.11. The number of halogens is 1. The number of hydrogen-bond acceptors (Lipinski definition) is 0. The second-order valence-corrected chi connectivity index (χ2v) is 6.11. The molecule has 0 aliphatic rings. The van der Waals surface area contributed by atoms with Crippen LogP contribution in [0.25, 0.3) is 11.3 Å². The first-order chi connectivity index (χ1) is 9.34. The Bertz CT molecular complexity index is 492. The molecule has 1 aromatic carbocycles. The van der Waals surface area contributed by atoms with Crippen molar-refractivity contribution in [3.8, 4) is 11.3 Å². The number of benzene rings is 1. The van der Waals surface area contributed by atoms with Crippen LogP contribution in [-0.2, 0) is 5.41 Å². The summed E-state index contributed by atoms with van der Waals surface area (Å²) in [6.07, 6.45) is 2.12. The fraction of sp³-hybridized carbons (Fsp3) is 0.444.